The Morgan fingerprint density at radius 2 is 2.25 bits per heavy atom. The van der Waals surface area contributed by atoms with Crippen molar-refractivity contribution in [2.24, 2.45) is 17.0 Å². The topological polar surface area (TPSA) is 80.2 Å². The fraction of sp³-hybridized carbons (Fsp3) is 0.375. The number of hydrogen-bond donors (Lipinski definition) is 1. The molecule has 0 saturated carbocycles. The Bertz CT molecular complexity index is 291. The van der Waals surface area contributed by atoms with Gasteiger partial charge in [0.1, 0.15) is 5.92 Å². The van der Waals surface area contributed by atoms with E-state index in [9.17, 15) is 0 Å². The lowest BCUT2D eigenvalue weighted by Crippen LogP contribution is -2.07. The van der Waals surface area contributed by atoms with Crippen LogP contribution in [-0.2, 0) is 0 Å². The third kappa shape index (κ3) is 1.43. The summed E-state index contributed by atoms with van der Waals surface area (Å²) < 4.78 is 0. The van der Waals surface area contributed by atoms with Gasteiger partial charge in [0.2, 0.25) is 0 Å². The van der Waals surface area contributed by atoms with Crippen LogP contribution in [0.3, 0.4) is 0 Å². The van der Waals surface area contributed by atoms with E-state index in [4.69, 9.17) is 15.7 Å². The summed E-state index contributed by atoms with van der Waals surface area (Å²) in [6.07, 6.45) is 3.83. The van der Waals surface area contributed by atoms with Crippen LogP contribution in [0.5, 0.6) is 0 Å². The van der Waals surface area contributed by atoms with E-state index in [1.54, 1.807) is 12.2 Å². The maximum Gasteiger partial charge on any atom is 0.139 e. The smallest absolute Gasteiger partial charge is 0.139 e. The molecule has 0 aliphatic heterocycles. The van der Waals surface area contributed by atoms with Crippen molar-refractivity contribution in [1.82, 2.24) is 0 Å². The van der Waals surface area contributed by atoms with Crippen LogP contribution in [0.4, 0.5) is 0 Å². The van der Waals surface area contributed by atoms with E-state index in [1.165, 1.54) is 0 Å². The van der Waals surface area contributed by atoms with Crippen molar-refractivity contribution in [2.45, 2.75) is 6.42 Å². The summed E-state index contributed by atoms with van der Waals surface area (Å²) in [6.45, 7) is 0. The quantitative estimate of drug-likeness (QED) is 0.461. The molecule has 4 heteroatoms. The van der Waals surface area contributed by atoms with Gasteiger partial charge in [-0.2, -0.15) is 10.5 Å². The van der Waals surface area contributed by atoms with E-state index in [0.717, 1.165) is 0 Å². The third-order valence-electron chi connectivity index (χ3n) is 1.82. The van der Waals surface area contributed by atoms with Gasteiger partial charge >= 0.3 is 0 Å². The molecule has 0 heterocycles. The number of hydrogen-bond acceptors (Lipinski definition) is 4. The van der Waals surface area contributed by atoms with Crippen LogP contribution in [0.15, 0.2) is 17.3 Å². The first kappa shape index (κ1) is 8.29. The fourth-order valence-electron chi connectivity index (χ4n) is 1.14. The lowest BCUT2D eigenvalue weighted by molar-refractivity contribution is 0.318. The molecule has 0 spiro atoms. The molecule has 1 N–H and O–H groups in total. The summed E-state index contributed by atoms with van der Waals surface area (Å²) in [6, 6.07) is 3.78. The first-order chi connectivity index (χ1) is 5.81. The molecule has 1 atom stereocenters. The summed E-state index contributed by atoms with van der Waals surface area (Å²) >= 11 is 0. The number of oxime groups is 1. The molecule has 0 unspecified atom stereocenters. The van der Waals surface area contributed by atoms with Gasteiger partial charge in [-0.15, -0.1) is 0 Å². The molecule has 60 valence electrons. The van der Waals surface area contributed by atoms with Gasteiger partial charge in [-0.1, -0.05) is 11.2 Å². The predicted octanol–water partition coefficient (Wildman–Crippen LogP) is 1.06. The summed E-state index contributed by atoms with van der Waals surface area (Å²) in [5, 5.41) is 28.5. The minimum atomic E-state index is -0.638. The highest BCUT2D eigenvalue weighted by molar-refractivity contribution is 5.97. The molecule has 4 nitrogen and oxygen atoms in total. The standard InChI is InChI=1S/C8H7N3O/c9-4-7(5-10)6-1-2-8(3-6)11-12/h1-2,6-7,12H,3H2/b11-8-/t6-/m0/s1. The number of rotatable bonds is 1. The van der Waals surface area contributed by atoms with Crippen LogP contribution in [0.1, 0.15) is 6.42 Å². The molecule has 12 heavy (non-hydrogen) atoms. The molecule has 1 aliphatic carbocycles. The van der Waals surface area contributed by atoms with Gasteiger partial charge in [-0.3, -0.25) is 0 Å². The molecule has 0 saturated heterocycles. The summed E-state index contributed by atoms with van der Waals surface area (Å²) in [7, 11) is 0. The van der Waals surface area contributed by atoms with Gasteiger partial charge in [-0.25, -0.2) is 0 Å². The second-order valence-corrected chi connectivity index (χ2v) is 2.55. The Morgan fingerprint density at radius 1 is 1.58 bits per heavy atom. The molecule has 0 aromatic rings. The Hall–Kier alpha value is -1.81. The van der Waals surface area contributed by atoms with Crippen molar-refractivity contribution < 1.29 is 5.21 Å². The molecule has 1 aliphatic rings. The van der Waals surface area contributed by atoms with Crippen LogP contribution in [0.2, 0.25) is 0 Å². The van der Waals surface area contributed by atoms with Gasteiger partial charge < -0.3 is 5.21 Å². The Balaban J connectivity index is 2.68. The Morgan fingerprint density at radius 3 is 2.67 bits per heavy atom. The van der Waals surface area contributed by atoms with Gasteiger partial charge in [0.25, 0.3) is 0 Å². The Kier molecular flexibility index (Phi) is 2.45. The van der Waals surface area contributed by atoms with Crippen LogP contribution in [0.25, 0.3) is 0 Å². The van der Waals surface area contributed by atoms with Crippen molar-refractivity contribution in [3.05, 3.63) is 12.2 Å². The number of allylic oxidation sites excluding steroid dienone is 2. The number of nitriles is 2. The zero-order chi connectivity index (χ0) is 8.97. The van der Waals surface area contributed by atoms with E-state index in [1.807, 2.05) is 12.1 Å². The molecular formula is C8H7N3O. The molecule has 0 aromatic heterocycles. The van der Waals surface area contributed by atoms with Crippen molar-refractivity contribution >= 4 is 5.71 Å². The van der Waals surface area contributed by atoms with Gasteiger partial charge in [0.05, 0.1) is 17.9 Å². The lowest BCUT2D eigenvalue weighted by atomic mass is 9.94. The summed E-state index contributed by atoms with van der Waals surface area (Å²) in [5.41, 5.74) is 0.524. The highest BCUT2D eigenvalue weighted by atomic mass is 16.4. The minimum Gasteiger partial charge on any atom is -0.411 e. The maximum atomic E-state index is 8.54. The highest BCUT2D eigenvalue weighted by Crippen LogP contribution is 2.22. The van der Waals surface area contributed by atoms with Gasteiger partial charge in [0, 0.05) is 12.3 Å². The zero-order valence-electron chi connectivity index (χ0n) is 6.31. The lowest BCUT2D eigenvalue weighted by Gasteiger charge is -2.04. The molecule has 1 rings (SSSR count). The van der Waals surface area contributed by atoms with Crippen LogP contribution in [-0.4, -0.2) is 10.9 Å². The SMILES string of the molecule is N#CC(C#N)[C@H]1C=C/C(=N/O)C1. The van der Waals surface area contributed by atoms with E-state index >= 15 is 0 Å². The van der Waals surface area contributed by atoms with Crippen LogP contribution in [0, 0.1) is 34.5 Å². The van der Waals surface area contributed by atoms with Crippen LogP contribution < -0.4 is 0 Å². The summed E-state index contributed by atoms with van der Waals surface area (Å²) in [5.74, 6) is -0.758. The van der Waals surface area contributed by atoms with Crippen molar-refractivity contribution in [2.75, 3.05) is 0 Å². The molecular weight excluding hydrogens is 154 g/mol. The summed E-state index contributed by atoms with van der Waals surface area (Å²) in [4.78, 5) is 0. The van der Waals surface area contributed by atoms with Gasteiger partial charge in [-0.05, 0) is 6.08 Å². The van der Waals surface area contributed by atoms with Crippen molar-refractivity contribution in [1.29, 1.82) is 10.5 Å². The molecule has 0 aromatic carbocycles. The average molecular weight is 161 g/mol. The largest absolute Gasteiger partial charge is 0.411 e. The minimum absolute atomic E-state index is 0.120. The molecule has 0 bridgehead atoms. The maximum absolute atomic E-state index is 8.54. The first-order valence-corrected chi connectivity index (χ1v) is 3.50. The van der Waals surface area contributed by atoms with Gasteiger partial charge in [0.15, 0.2) is 0 Å². The predicted molar refractivity (Wildman–Crippen MR) is 41.2 cm³/mol. The second-order valence-electron chi connectivity index (χ2n) is 2.55. The fourth-order valence-corrected chi connectivity index (χ4v) is 1.14. The zero-order valence-corrected chi connectivity index (χ0v) is 6.31. The second kappa shape index (κ2) is 3.54. The average Bonchev–Trinajstić information content (AvgIpc) is 2.55. The molecule has 0 fully saturated rings. The monoisotopic (exact) mass is 161 g/mol. The molecule has 0 amide bonds. The molecule has 0 radical (unpaired) electrons. The normalized spacial score (nSPS) is 24.2. The van der Waals surface area contributed by atoms with E-state index < -0.39 is 5.92 Å². The highest BCUT2D eigenvalue weighted by Gasteiger charge is 2.23. The van der Waals surface area contributed by atoms with E-state index in [2.05, 4.69) is 5.16 Å². The Labute approximate surface area is 70.0 Å². The van der Waals surface area contributed by atoms with Crippen LogP contribution >= 0.6 is 0 Å². The first-order valence-electron chi connectivity index (χ1n) is 3.50. The third-order valence-corrected chi connectivity index (χ3v) is 1.82. The van der Waals surface area contributed by atoms with Crippen molar-refractivity contribution in [3.63, 3.8) is 0 Å². The van der Waals surface area contributed by atoms with E-state index in [0.29, 0.717) is 12.1 Å². The number of nitrogens with zero attached hydrogens (tertiary/aromatic N) is 3. The van der Waals surface area contributed by atoms with E-state index in [-0.39, 0.29) is 5.92 Å². The van der Waals surface area contributed by atoms with Crippen molar-refractivity contribution in [3.8, 4) is 12.1 Å².